The van der Waals surface area contributed by atoms with E-state index in [0.717, 1.165) is 29.4 Å². The summed E-state index contributed by atoms with van der Waals surface area (Å²) in [4.78, 5) is 0. The van der Waals surface area contributed by atoms with Gasteiger partial charge in [-0.15, -0.1) is 0 Å². The van der Waals surface area contributed by atoms with Crippen LogP contribution in [-0.2, 0) is 12.8 Å². The van der Waals surface area contributed by atoms with Gasteiger partial charge in [0.2, 0.25) is 0 Å². The lowest BCUT2D eigenvalue weighted by Crippen LogP contribution is -2.04. The van der Waals surface area contributed by atoms with Crippen molar-refractivity contribution in [1.82, 2.24) is 0 Å². The lowest BCUT2D eigenvalue weighted by atomic mass is 9.82. The summed E-state index contributed by atoms with van der Waals surface area (Å²) in [5, 5.41) is 2.33. The normalized spacial score (nSPS) is 12.5. The van der Waals surface area contributed by atoms with Crippen LogP contribution in [-0.4, -0.2) is 0 Å². The molecule has 6 aromatic carbocycles. The van der Waals surface area contributed by atoms with Crippen molar-refractivity contribution in [2.45, 2.75) is 32.6 Å². The molecule has 1 heteroatoms. The minimum atomic E-state index is 0.483. The fourth-order valence-electron chi connectivity index (χ4n) is 6.75. The van der Waals surface area contributed by atoms with Crippen LogP contribution in [0.15, 0.2) is 132 Å². The maximum absolute atomic E-state index is 6.25. The van der Waals surface area contributed by atoms with Gasteiger partial charge in [-0.1, -0.05) is 123 Å². The lowest BCUT2D eigenvalue weighted by Gasteiger charge is -2.22. The summed E-state index contributed by atoms with van der Waals surface area (Å²) in [6.45, 7) is 4.57. The smallest absolute Gasteiger partial charge is 0.136 e. The molecule has 1 aliphatic rings. The number of rotatable bonds is 2. The van der Waals surface area contributed by atoms with Gasteiger partial charge in [-0.25, -0.2) is 0 Å². The molecule has 0 bridgehead atoms. The molecule has 202 valence electrons. The molecule has 42 heavy (non-hydrogen) atoms. The molecule has 0 saturated heterocycles. The molecule has 8 rings (SSSR count). The van der Waals surface area contributed by atoms with E-state index in [0.29, 0.717) is 5.92 Å². The molecule has 1 heterocycles. The van der Waals surface area contributed by atoms with Gasteiger partial charge in [0, 0.05) is 10.8 Å². The zero-order valence-corrected chi connectivity index (χ0v) is 24.0. The highest BCUT2D eigenvalue weighted by atomic mass is 16.3. The second kappa shape index (κ2) is 9.89. The topological polar surface area (TPSA) is 13.1 Å². The molecule has 0 saturated carbocycles. The fraction of sp³-hybridized carbons (Fsp3) is 0.122. The standard InChI is InChI=1S/C41H32O/c1-26(2)27-15-18-36-32(21-27)23-30-9-3-5-11-34(30)35-12-6-4-10-31(35)24-33-22-28(16-19-37(33)36)29-17-20-39-38-13-7-8-14-40(38)42-41(39)25-29/h3-22,25-26H,23-24H2,1-2H3. The molecule has 0 radical (unpaired) electrons. The van der Waals surface area contributed by atoms with E-state index in [1.165, 1.54) is 66.6 Å². The maximum atomic E-state index is 6.25. The monoisotopic (exact) mass is 540 g/mol. The summed E-state index contributed by atoms with van der Waals surface area (Å²) < 4.78 is 6.25. The van der Waals surface area contributed by atoms with Gasteiger partial charge in [-0.3, -0.25) is 0 Å². The van der Waals surface area contributed by atoms with Gasteiger partial charge < -0.3 is 4.42 Å². The molecular weight excluding hydrogens is 508 g/mol. The van der Waals surface area contributed by atoms with Gasteiger partial charge in [0.05, 0.1) is 0 Å². The van der Waals surface area contributed by atoms with E-state index in [1.54, 1.807) is 0 Å². The zero-order valence-electron chi connectivity index (χ0n) is 24.0. The molecule has 1 aromatic heterocycles. The van der Waals surface area contributed by atoms with Crippen LogP contribution in [0.4, 0.5) is 0 Å². The van der Waals surface area contributed by atoms with Gasteiger partial charge >= 0.3 is 0 Å². The molecule has 0 atom stereocenters. The fourth-order valence-corrected chi connectivity index (χ4v) is 6.75. The Hall–Kier alpha value is -4.88. The van der Waals surface area contributed by atoms with Crippen LogP contribution in [0.5, 0.6) is 0 Å². The summed E-state index contributed by atoms with van der Waals surface area (Å²) in [5.74, 6) is 0.483. The molecule has 1 nitrogen and oxygen atoms in total. The molecule has 7 aromatic rings. The number of hydrogen-bond donors (Lipinski definition) is 0. The van der Waals surface area contributed by atoms with E-state index < -0.39 is 0 Å². The van der Waals surface area contributed by atoms with Crippen molar-refractivity contribution in [2.75, 3.05) is 0 Å². The largest absolute Gasteiger partial charge is 0.456 e. The first kappa shape index (κ1) is 24.9. The molecule has 0 spiro atoms. The zero-order chi connectivity index (χ0) is 28.2. The average molecular weight is 541 g/mol. The van der Waals surface area contributed by atoms with Crippen LogP contribution in [0.2, 0.25) is 0 Å². The molecule has 0 aliphatic heterocycles. The van der Waals surface area contributed by atoms with E-state index in [4.69, 9.17) is 4.42 Å². The predicted molar refractivity (Wildman–Crippen MR) is 176 cm³/mol. The summed E-state index contributed by atoms with van der Waals surface area (Å²) in [5.41, 5.74) is 16.5. The Morgan fingerprint density at radius 2 is 1.00 bits per heavy atom. The number of furan rings is 1. The third-order valence-corrected chi connectivity index (χ3v) is 8.99. The van der Waals surface area contributed by atoms with Crippen molar-refractivity contribution >= 4 is 21.9 Å². The van der Waals surface area contributed by atoms with Gasteiger partial charge in [0.15, 0.2) is 0 Å². The van der Waals surface area contributed by atoms with Crippen LogP contribution in [0.3, 0.4) is 0 Å². The van der Waals surface area contributed by atoms with Gasteiger partial charge in [-0.2, -0.15) is 0 Å². The SMILES string of the molecule is CC(C)c1ccc2c(c1)Cc1ccccc1-c1ccccc1Cc1cc(-c3ccc4c(c3)oc3ccccc34)ccc1-2. The minimum Gasteiger partial charge on any atom is -0.456 e. The molecule has 1 aliphatic carbocycles. The Labute approximate surface area is 247 Å². The van der Waals surface area contributed by atoms with Crippen molar-refractivity contribution in [3.63, 3.8) is 0 Å². The third-order valence-electron chi connectivity index (χ3n) is 8.99. The molecule has 0 N–H and O–H groups in total. The Balaban J connectivity index is 1.34. The molecule has 0 unspecified atom stereocenters. The average Bonchev–Trinajstić information content (AvgIpc) is 3.40. The van der Waals surface area contributed by atoms with Crippen molar-refractivity contribution in [2.24, 2.45) is 0 Å². The van der Waals surface area contributed by atoms with Crippen molar-refractivity contribution < 1.29 is 4.42 Å². The Kier molecular flexibility index (Phi) is 5.86. The number of fused-ring (bicyclic) bond motifs is 9. The van der Waals surface area contributed by atoms with E-state index in [9.17, 15) is 0 Å². The minimum absolute atomic E-state index is 0.483. The number of hydrogen-bond acceptors (Lipinski definition) is 1. The van der Waals surface area contributed by atoms with E-state index >= 15 is 0 Å². The van der Waals surface area contributed by atoms with Crippen molar-refractivity contribution in [3.05, 3.63) is 155 Å². The van der Waals surface area contributed by atoms with Crippen LogP contribution >= 0.6 is 0 Å². The highest BCUT2D eigenvalue weighted by Gasteiger charge is 2.19. The predicted octanol–water partition coefficient (Wildman–Crippen LogP) is 11.2. The lowest BCUT2D eigenvalue weighted by molar-refractivity contribution is 0.669. The highest BCUT2D eigenvalue weighted by Crippen LogP contribution is 2.40. The van der Waals surface area contributed by atoms with Crippen LogP contribution in [0, 0.1) is 0 Å². The van der Waals surface area contributed by atoms with E-state index in [-0.39, 0.29) is 0 Å². The van der Waals surface area contributed by atoms with Crippen LogP contribution < -0.4 is 0 Å². The van der Waals surface area contributed by atoms with E-state index in [1.807, 2.05) is 12.1 Å². The second-order valence-electron chi connectivity index (χ2n) is 11.9. The van der Waals surface area contributed by atoms with Gasteiger partial charge in [0.25, 0.3) is 0 Å². The maximum Gasteiger partial charge on any atom is 0.136 e. The quantitative estimate of drug-likeness (QED) is 0.212. The van der Waals surface area contributed by atoms with Gasteiger partial charge in [-0.05, 0) is 98.2 Å². The van der Waals surface area contributed by atoms with Gasteiger partial charge in [0.1, 0.15) is 11.2 Å². The first-order valence-corrected chi connectivity index (χ1v) is 15.0. The molecule has 0 fully saturated rings. The summed E-state index contributed by atoms with van der Waals surface area (Å²) in [6, 6.07) is 47.0. The second-order valence-corrected chi connectivity index (χ2v) is 11.9. The summed E-state index contributed by atoms with van der Waals surface area (Å²) >= 11 is 0. The first-order chi connectivity index (χ1) is 20.6. The molecular formula is C41H32O. The van der Waals surface area contributed by atoms with Crippen LogP contribution in [0.25, 0.3) is 55.3 Å². The van der Waals surface area contributed by atoms with Crippen molar-refractivity contribution in [1.29, 1.82) is 0 Å². The van der Waals surface area contributed by atoms with Crippen LogP contribution in [0.1, 0.15) is 47.6 Å². The number of benzene rings is 6. The molecule has 0 amide bonds. The Bertz CT molecular complexity index is 2120. The summed E-state index contributed by atoms with van der Waals surface area (Å²) in [7, 11) is 0. The first-order valence-electron chi connectivity index (χ1n) is 15.0. The van der Waals surface area contributed by atoms with E-state index in [2.05, 4.69) is 129 Å². The number of para-hydroxylation sites is 1. The Morgan fingerprint density at radius 3 is 1.74 bits per heavy atom. The Morgan fingerprint density at radius 1 is 0.452 bits per heavy atom. The van der Waals surface area contributed by atoms with Crippen molar-refractivity contribution in [3.8, 4) is 33.4 Å². The summed E-state index contributed by atoms with van der Waals surface area (Å²) in [6.07, 6.45) is 1.77. The highest BCUT2D eigenvalue weighted by molar-refractivity contribution is 6.05. The third kappa shape index (κ3) is 4.16.